The Hall–Kier alpha value is -2.19. The molecule has 1 aromatic carbocycles. The number of carbonyl (C=O) groups excluding carboxylic acids is 2. The highest BCUT2D eigenvalue weighted by Gasteiger charge is 2.27. The van der Waals surface area contributed by atoms with Gasteiger partial charge in [0.05, 0.1) is 31.5 Å². The van der Waals surface area contributed by atoms with E-state index in [2.05, 4.69) is 5.32 Å². The number of nitrogens with zero attached hydrogens (tertiary/aromatic N) is 2. The fraction of sp³-hybridized carbons (Fsp3) is 0.467. The van der Waals surface area contributed by atoms with Crippen molar-refractivity contribution in [2.24, 2.45) is 0 Å². The van der Waals surface area contributed by atoms with Gasteiger partial charge in [0.15, 0.2) is 0 Å². The van der Waals surface area contributed by atoms with Crippen LogP contribution in [0.25, 0.3) is 0 Å². The zero-order valence-corrected chi connectivity index (χ0v) is 14.3. The number of methoxy groups -OCH3 is 2. The third kappa shape index (κ3) is 4.01. The number of aliphatic hydroxyl groups is 1. The number of rotatable bonds is 5. The first-order chi connectivity index (χ1) is 11.5. The number of nitrogens with one attached hydrogen (secondary N) is 1. The lowest BCUT2D eigenvalue weighted by atomic mass is 10.2. The second-order valence-corrected chi connectivity index (χ2v) is 5.55. The Morgan fingerprint density at radius 2 is 2.00 bits per heavy atom. The van der Waals surface area contributed by atoms with E-state index in [4.69, 9.17) is 26.2 Å². The molecular formula is C15H20ClN3O5. The van der Waals surface area contributed by atoms with E-state index in [1.54, 1.807) is 6.07 Å². The molecule has 0 unspecified atom stereocenters. The molecule has 0 bridgehead atoms. The molecule has 9 heteroatoms. The van der Waals surface area contributed by atoms with Gasteiger partial charge in [-0.15, -0.1) is 0 Å². The Balaban J connectivity index is 2.07. The van der Waals surface area contributed by atoms with Crippen molar-refractivity contribution in [2.45, 2.75) is 0 Å². The summed E-state index contributed by atoms with van der Waals surface area (Å²) in [5.41, 5.74) is 0.388. The van der Waals surface area contributed by atoms with Crippen molar-refractivity contribution in [3.63, 3.8) is 0 Å². The number of urea groups is 1. The van der Waals surface area contributed by atoms with Crippen LogP contribution in [-0.4, -0.2) is 73.9 Å². The zero-order valence-electron chi connectivity index (χ0n) is 13.5. The van der Waals surface area contributed by atoms with Gasteiger partial charge in [-0.05, 0) is 6.07 Å². The van der Waals surface area contributed by atoms with Crippen molar-refractivity contribution in [3.05, 3.63) is 17.2 Å². The van der Waals surface area contributed by atoms with Crippen molar-refractivity contribution < 1.29 is 24.2 Å². The molecule has 8 nitrogen and oxygen atoms in total. The summed E-state index contributed by atoms with van der Waals surface area (Å²) in [6.45, 7) is 0.894. The number of aliphatic hydroxyl groups excluding tert-OH is 1. The lowest BCUT2D eigenvalue weighted by molar-refractivity contribution is -0.135. The molecule has 24 heavy (non-hydrogen) atoms. The highest BCUT2D eigenvalue weighted by molar-refractivity contribution is 6.32. The second-order valence-electron chi connectivity index (χ2n) is 5.14. The highest BCUT2D eigenvalue weighted by atomic mass is 35.5. The van der Waals surface area contributed by atoms with Crippen LogP contribution >= 0.6 is 11.6 Å². The van der Waals surface area contributed by atoms with Crippen LogP contribution in [0.5, 0.6) is 11.5 Å². The number of hydrogen-bond acceptors (Lipinski definition) is 5. The molecule has 2 rings (SSSR count). The molecule has 3 amide bonds. The lowest BCUT2D eigenvalue weighted by Gasteiger charge is -2.34. The van der Waals surface area contributed by atoms with E-state index in [0.29, 0.717) is 35.3 Å². The maximum absolute atomic E-state index is 12.4. The minimum absolute atomic E-state index is 0.0436. The number of benzene rings is 1. The molecule has 132 valence electrons. The fourth-order valence-electron chi connectivity index (χ4n) is 2.39. The summed E-state index contributed by atoms with van der Waals surface area (Å²) >= 11 is 6.07. The lowest BCUT2D eigenvalue weighted by Crippen LogP contribution is -2.53. The predicted molar refractivity (Wildman–Crippen MR) is 88.8 cm³/mol. The molecule has 0 aromatic heterocycles. The summed E-state index contributed by atoms with van der Waals surface area (Å²) in [5.74, 6) is 0.624. The molecule has 0 atom stereocenters. The van der Waals surface area contributed by atoms with Crippen LogP contribution in [-0.2, 0) is 4.79 Å². The van der Waals surface area contributed by atoms with Gasteiger partial charge in [-0.2, -0.15) is 0 Å². The second kappa shape index (κ2) is 8.07. The number of β-amino-alcohol motifs (C(OH)–C–C–N with tert-alkyl or cyclic N) is 1. The Morgan fingerprint density at radius 1 is 1.29 bits per heavy atom. The molecule has 0 spiro atoms. The molecular weight excluding hydrogens is 338 g/mol. The monoisotopic (exact) mass is 357 g/mol. The first-order valence-corrected chi connectivity index (χ1v) is 7.74. The number of halogens is 1. The van der Waals surface area contributed by atoms with Crippen molar-refractivity contribution in [1.29, 1.82) is 0 Å². The van der Waals surface area contributed by atoms with Gasteiger partial charge in [0, 0.05) is 25.7 Å². The van der Waals surface area contributed by atoms with Gasteiger partial charge in [0.1, 0.15) is 18.0 Å². The van der Waals surface area contributed by atoms with Gasteiger partial charge in [0.2, 0.25) is 5.91 Å². The van der Waals surface area contributed by atoms with E-state index >= 15 is 0 Å². The van der Waals surface area contributed by atoms with E-state index in [1.807, 2.05) is 0 Å². The summed E-state index contributed by atoms with van der Waals surface area (Å²) in [4.78, 5) is 27.2. The zero-order chi connectivity index (χ0) is 17.7. The summed E-state index contributed by atoms with van der Waals surface area (Å²) in [6.07, 6.45) is 0. The molecule has 0 radical (unpaired) electrons. The van der Waals surface area contributed by atoms with Crippen LogP contribution in [0.15, 0.2) is 12.1 Å². The largest absolute Gasteiger partial charge is 0.495 e. The maximum atomic E-state index is 12.4. The summed E-state index contributed by atoms with van der Waals surface area (Å²) < 4.78 is 10.3. The molecule has 1 fully saturated rings. The summed E-state index contributed by atoms with van der Waals surface area (Å²) in [6, 6.07) is 2.68. The van der Waals surface area contributed by atoms with E-state index in [1.165, 1.54) is 30.1 Å². The Kier molecular flexibility index (Phi) is 6.10. The minimum atomic E-state index is -0.425. The molecule has 1 aromatic rings. The third-order valence-electron chi connectivity index (χ3n) is 3.69. The average Bonchev–Trinajstić information content (AvgIpc) is 2.57. The Morgan fingerprint density at radius 3 is 2.58 bits per heavy atom. The molecule has 1 saturated heterocycles. The Labute approximate surface area is 144 Å². The SMILES string of the molecule is COc1cc(OC)c(NC(=O)N2CCN(CCO)C(=O)C2)cc1Cl. The maximum Gasteiger partial charge on any atom is 0.322 e. The topological polar surface area (TPSA) is 91.3 Å². The summed E-state index contributed by atoms with van der Waals surface area (Å²) in [7, 11) is 2.95. The molecule has 2 N–H and O–H groups in total. The van der Waals surface area contributed by atoms with Crippen LogP contribution in [0, 0.1) is 0 Å². The van der Waals surface area contributed by atoms with Crippen LogP contribution < -0.4 is 14.8 Å². The fourth-order valence-corrected chi connectivity index (χ4v) is 2.63. The average molecular weight is 358 g/mol. The summed E-state index contributed by atoms with van der Waals surface area (Å²) in [5, 5.41) is 11.9. The number of piperazine rings is 1. The number of ether oxygens (including phenoxy) is 2. The smallest absolute Gasteiger partial charge is 0.322 e. The van der Waals surface area contributed by atoms with E-state index in [-0.39, 0.29) is 25.6 Å². The highest BCUT2D eigenvalue weighted by Crippen LogP contribution is 2.36. The van der Waals surface area contributed by atoms with Crippen molar-refractivity contribution >= 4 is 29.2 Å². The van der Waals surface area contributed by atoms with Crippen molar-refractivity contribution in [2.75, 3.05) is 52.3 Å². The predicted octanol–water partition coefficient (Wildman–Crippen LogP) is 1.03. The standard InChI is InChI=1S/C15H20ClN3O5/c1-23-12-8-13(24-2)11(7-10(12)16)17-15(22)19-4-3-18(5-6-20)14(21)9-19/h7-8,20H,3-6,9H2,1-2H3,(H,17,22). The van der Waals surface area contributed by atoms with Crippen molar-refractivity contribution in [1.82, 2.24) is 9.80 Å². The first-order valence-electron chi connectivity index (χ1n) is 7.36. The Bertz CT molecular complexity index is 625. The molecule has 1 aliphatic rings. The van der Waals surface area contributed by atoms with Gasteiger partial charge in [-0.1, -0.05) is 11.6 Å². The number of hydrogen-bond donors (Lipinski definition) is 2. The molecule has 0 aliphatic carbocycles. The van der Waals surface area contributed by atoms with E-state index in [9.17, 15) is 9.59 Å². The van der Waals surface area contributed by atoms with Gasteiger partial charge in [-0.25, -0.2) is 4.79 Å². The van der Waals surface area contributed by atoms with Crippen LogP contribution in [0.3, 0.4) is 0 Å². The molecule has 1 heterocycles. The third-order valence-corrected chi connectivity index (χ3v) is 3.99. The van der Waals surface area contributed by atoms with Gasteiger partial charge < -0.3 is 29.7 Å². The number of anilines is 1. The molecule has 0 saturated carbocycles. The normalized spacial score (nSPS) is 14.6. The van der Waals surface area contributed by atoms with Gasteiger partial charge in [0.25, 0.3) is 0 Å². The minimum Gasteiger partial charge on any atom is -0.495 e. The quantitative estimate of drug-likeness (QED) is 0.821. The van der Waals surface area contributed by atoms with Gasteiger partial charge >= 0.3 is 6.03 Å². The first kappa shape index (κ1) is 18.2. The van der Waals surface area contributed by atoms with E-state index < -0.39 is 6.03 Å². The van der Waals surface area contributed by atoms with Crippen LogP contribution in [0.4, 0.5) is 10.5 Å². The van der Waals surface area contributed by atoms with Crippen LogP contribution in [0.2, 0.25) is 5.02 Å². The molecule has 1 aliphatic heterocycles. The number of amides is 3. The van der Waals surface area contributed by atoms with E-state index in [0.717, 1.165) is 0 Å². The van der Waals surface area contributed by atoms with Crippen LogP contribution in [0.1, 0.15) is 0 Å². The van der Waals surface area contributed by atoms with Gasteiger partial charge in [-0.3, -0.25) is 4.79 Å². The van der Waals surface area contributed by atoms with Crippen molar-refractivity contribution in [3.8, 4) is 11.5 Å². The number of carbonyl (C=O) groups is 2.